The zero-order valence-corrected chi connectivity index (χ0v) is 9.42. The molecule has 0 fully saturated rings. The molecule has 0 unspecified atom stereocenters. The van der Waals surface area contributed by atoms with Gasteiger partial charge in [-0.15, -0.1) is 0 Å². The minimum absolute atomic E-state index is 0.000727. The van der Waals surface area contributed by atoms with Gasteiger partial charge in [-0.1, -0.05) is 12.1 Å². The van der Waals surface area contributed by atoms with Crippen molar-refractivity contribution < 1.29 is 9.53 Å². The largest absolute Gasteiger partial charge is 0.377 e. The van der Waals surface area contributed by atoms with Crippen LogP contribution in [0.5, 0.6) is 0 Å². The summed E-state index contributed by atoms with van der Waals surface area (Å²) in [5, 5.41) is 0.514. The zero-order valence-electron chi connectivity index (χ0n) is 9.42. The number of fused-ring (bicyclic) bond motifs is 1. The number of carbonyl (C=O) groups is 1. The molecule has 1 heterocycles. The summed E-state index contributed by atoms with van der Waals surface area (Å²) >= 11 is 0. The summed E-state index contributed by atoms with van der Waals surface area (Å²) in [6, 6.07) is 7.04. The van der Waals surface area contributed by atoms with Crippen LogP contribution >= 0.6 is 0 Å². The number of carbonyl (C=O) groups excluding carboxylic acids is 1. The van der Waals surface area contributed by atoms with Crippen LogP contribution in [0.4, 0.5) is 0 Å². The average molecular weight is 232 g/mol. The lowest BCUT2D eigenvalue weighted by atomic mass is 10.2. The Balaban J connectivity index is 2.39. The van der Waals surface area contributed by atoms with E-state index in [4.69, 9.17) is 4.74 Å². The van der Waals surface area contributed by atoms with Gasteiger partial charge < -0.3 is 4.74 Å². The lowest BCUT2D eigenvalue weighted by Gasteiger charge is -2.05. The fraction of sp³-hybridized carbons (Fsp3) is 0.250. The van der Waals surface area contributed by atoms with Crippen LogP contribution in [-0.4, -0.2) is 29.1 Å². The summed E-state index contributed by atoms with van der Waals surface area (Å²) in [6.07, 6.45) is 1.39. The van der Waals surface area contributed by atoms with Crippen molar-refractivity contribution in [1.29, 1.82) is 0 Å². The fourth-order valence-corrected chi connectivity index (χ4v) is 1.62. The van der Waals surface area contributed by atoms with Crippen LogP contribution < -0.4 is 5.56 Å². The molecule has 0 amide bonds. The molecular weight excluding hydrogens is 220 g/mol. The van der Waals surface area contributed by atoms with Gasteiger partial charge in [0.15, 0.2) is 5.78 Å². The van der Waals surface area contributed by atoms with Gasteiger partial charge in [0.25, 0.3) is 5.56 Å². The van der Waals surface area contributed by atoms with E-state index in [0.29, 0.717) is 10.9 Å². The molecule has 17 heavy (non-hydrogen) atoms. The van der Waals surface area contributed by atoms with Crippen LogP contribution in [0.2, 0.25) is 0 Å². The fourth-order valence-electron chi connectivity index (χ4n) is 1.62. The molecule has 0 spiro atoms. The molecule has 88 valence electrons. The molecule has 0 bridgehead atoms. The second-order valence-corrected chi connectivity index (χ2v) is 3.67. The maximum absolute atomic E-state index is 12.0. The first-order chi connectivity index (χ1) is 8.22. The zero-order chi connectivity index (χ0) is 12.3. The Labute approximate surface area is 97.7 Å². The Morgan fingerprint density at radius 1 is 1.41 bits per heavy atom. The van der Waals surface area contributed by atoms with E-state index < -0.39 is 0 Å². The molecule has 2 aromatic rings. The Morgan fingerprint density at radius 2 is 2.18 bits per heavy atom. The van der Waals surface area contributed by atoms with E-state index in [1.807, 2.05) is 6.07 Å². The molecule has 0 aliphatic rings. The van der Waals surface area contributed by atoms with Gasteiger partial charge in [0.2, 0.25) is 0 Å². The predicted molar refractivity (Wildman–Crippen MR) is 62.9 cm³/mol. The molecular formula is C12H12N2O3. The summed E-state index contributed by atoms with van der Waals surface area (Å²) in [7, 11) is 1.44. The molecule has 0 radical (unpaired) electrons. The minimum atomic E-state index is -0.208. The number of benzene rings is 1. The second-order valence-electron chi connectivity index (χ2n) is 3.67. The molecule has 2 rings (SSSR count). The van der Waals surface area contributed by atoms with Gasteiger partial charge in [-0.05, 0) is 12.1 Å². The summed E-state index contributed by atoms with van der Waals surface area (Å²) < 4.78 is 6.01. The molecule has 1 aromatic carbocycles. The van der Waals surface area contributed by atoms with E-state index in [0.717, 1.165) is 0 Å². The first-order valence-electron chi connectivity index (χ1n) is 5.17. The van der Waals surface area contributed by atoms with Crippen molar-refractivity contribution in [3.8, 4) is 0 Å². The summed E-state index contributed by atoms with van der Waals surface area (Å²) in [5.41, 5.74) is 0.424. The lowest BCUT2D eigenvalue weighted by Crippen LogP contribution is -2.26. The van der Waals surface area contributed by atoms with Crippen LogP contribution in [0.25, 0.3) is 10.9 Å². The lowest BCUT2D eigenvalue weighted by molar-refractivity contribution is -0.123. The predicted octanol–water partition coefficient (Wildman–Crippen LogP) is 0.612. The van der Waals surface area contributed by atoms with Crippen LogP contribution in [0.3, 0.4) is 0 Å². The number of hydrogen-bond acceptors (Lipinski definition) is 4. The normalized spacial score (nSPS) is 10.6. The van der Waals surface area contributed by atoms with Crippen molar-refractivity contribution in [2.75, 3.05) is 13.7 Å². The maximum Gasteiger partial charge on any atom is 0.261 e. The molecule has 1 aromatic heterocycles. The van der Waals surface area contributed by atoms with Crippen LogP contribution in [0.15, 0.2) is 35.4 Å². The van der Waals surface area contributed by atoms with Gasteiger partial charge in [0.05, 0.1) is 23.8 Å². The standard InChI is InChI=1S/C12H12N2O3/c1-17-7-9(15)6-14-8-13-11-5-3-2-4-10(11)12(14)16/h2-5,8H,6-7H2,1H3. The highest BCUT2D eigenvalue weighted by atomic mass is 16.5. The summed E-state index contributed by atoms with van der Waals surface area (Å²) in [6.45, 7) is -0.0101. The van der Waals surface area contributed by atoms with Gasteiger partial charge in [0.1, 0.15) is 6.61 Å². The van der Waals surface area contributed by atoms with E-state index in [2.05, 4.69) is 4.98 Å². The second kappa shape index (κ2) is 4.88. The highest BCUT2D eigenvalue weighted by Gasteiger charge is 2.07. The number of rotatable bonds is 4. The third-order valence-corrected chi connectivity index (χ3v) is 2.38. The van der Waals surface area contributed by atoms with Crippen molar-refractivity contribution in [3.63, 3.8) is 0 Å². The molecule has 0 saturated heterocycles. The van der Waals surface area contributed by atoms with Crippen molar-refractivity contribution in [2.24, 2.45) is 0 Å². The van der Waals surface area contributed by atoms with Crippen molar-refractivity contribution in [2.45, 2.75) is 6.54 Å². The molecule has 0 atom stereocenters. The number of Topliss-reactive ketones (excluding diaryl/α,β-unsaturated/α-hetero) is 1. The first-order valence-corrected chi connectivity index (χ1v) is 5.17. The highest BCUT2D eigenvalue weighted by Crippen LogP contribution is 2.04. The van der Waals surface area contributed by atoms with E-state index in [9.17, 15) is 9.59 Å². The van der Waals surface area contributed by atoms with Gasteiger partial charge >= 0.3 is 0 Å². The summed E-state index contributed by atoms with van der Waals surface area (Å²) in [4.78, 5) is 27.5. The van der Waals surface area contributed by atoms with Crippen molar-refractivity contribution in [3.05, 3.63) is 40.9 Å². The number of para-hydroxylation sites is 1. The summed E-state index contributed by atoms with van der Waals surface area (Å²) in [5.74, 6) is -0.160. The molecule has 5 nitrogen and oxygen atoms in total. The number of hydrogen-bond donors (Lipinski definition) is 0. The first kappa shape index (κ1) is 11.5. The Hall–Kier alpha value is -2.01. The van der Waals surface area contributed by atoms with E-state index in [1.165, 1.54) is 18.0 Å². The highest BCUT2D eigenvalue weighted by molar-refractivity contribution is 5.80. The molecule has 0 aliphatic carbocycles. The topological polar surface area (TPSA) is 61.2 Å². The molecule has 5 heteroatoms. The van der Waals surface area contributed by atoms with E-state index in [-0.39, 0.29) is 24.5 Å². The van der Waals surface area contributed by atoms with Crippen LogP contribution in [0.1, 0.15) is 0 Å². The molecule has 0 saturated carbocycles. The van der Waals surface area contributed by atoms with Gasteiger partial charge in [0, 0.05) is 7.11 Å². The van der Waals surface area contributed by atoms with Gasteiger partial charge in [-0.3, -0.25) is 14.2 Å². The smallest absolute Gasteiger partial charge is 0.261 e. The van der Waals surface area contributed by atoms with Crippen molar-refractivity contribution >= 4 is 16.7 Å². The van der Waals surface area contributed by atoms with E-state index >= 15 is 0 Å². The van der Waals surface area contributed by atoms with Gasteiger partial charge in [-0.2, -0.15) is 0 Å². The van der Waals surface area contributed by atoms with E-state index in [1.54, 1.807) is 18.2 Å². The third-order valence-electron chi connectivity index (χ3n) is 2.38. The number of ketones is 1. The monoisotopic (exact) mass is 232 g/mol. The SMILES string of the molecule is COCC(=O)Cn1cnc2ccccc2c1=O. The minimum Gasteiger partial charge on any atom is -0.377 e. The number of nitrogens with zero attached hydrogens (tertiary/aromatic N) is 2. The number of aromatic nitrogens is 2. The molecule has 0 aliphatic heterocycles. The van der Waals surface area contributed by atoms with Crippen LogP contribution in [0, 0.1) is 0 Å². The van der Waals surface area contributed by atoms with Gasteiger partial charge in [-0.25, -0.2) is 4.98 Å². The maximum atomic E-state index is 12.0. The Morgan fingerprint density at radius 3 is 2.94 bits per heavy atom. The van der Waals surface area contributed by atoms with Crippen LogP contribution in [-0.2, 0) is 16.1 Å². The Kier molecular flexibility index (Phi) is 3.30. The number of methoxy groups -OCH3 is 1. The van der Waals surface area contributed by atoms with Crippen molar-refractivity contribution in [1.82, 2.24) is 9.55 Å². The third kappa shape index (κ3) is 2.39. The number of ether oxygens (including phenoxy) is 1. The quantitative estimate of drug-likeness (QED) is 0.775. The molecule has 0 N–H and O–H groups in total. The average Bonchev–Trinajstić information content (AvgIpc) is 2.33. The Bertz CT molecular complexity index is 604.